The minimum Gasteiger partial charge on any atom is -0.492 e. The fourth-order valence-electron chi connectivity index (χ4n) is 4.69. The Balaban J connectivity index is 1.44. The molecule has 0 aliphatic carbocycles. The SMILES string of the molecule is O=S(=O)(c1cccc2c1OCC2)N1CCCC(c2ncc3n2CCCC3)C1. The third-order valence-electron chi connectivity index (χ3n) is 6.08. The van der Waals surface area contributed by atoms with Gasteiger partial charge in [0.15, 0.2) is 0 Å². The summed E-state index contributed by atoms with van der Waals surface area (Å²) in [6.07, 6.45) is 8.10. The molecule has 0 bridgehead atoms. The lowest BCUT2D eigenvalue weighted by atomic mass is 9.98. The summed E-state index contributed by atoms with van der Waals surface area (Å²) >= 11 is 0. The van der Waals surface area contributed by atoms with Crippen molar-refractivity contribution in [1.82, 2.24) is 13.9 Å². The van der Waals surface area contributed by atoms with E-state index in [1.807, 2.05) is 18.3 Å². The van der Waals surface area contributed by atoms with Crippen LogP contribution < -0.4 is 4.74 Å². The Hall–Kier alpha value is -1.86. The minimum absolute atomic E-state index is 0.165. The molecule has 1 aromatic carbocycles. The molecule has 3 aliphatic heterocycles. The molecule has 144 valence electrons. The predicted octanol–water partition coefficient (Wildman–Crippen LogP) is 2.72. The number of aryl methyl sites for hydroxylation is 1. The standard InChI is InChI=1S/C20H25N3O3S/c24-27(25,18-8-3-5-15-9-12-26-19(15)18)22-10-4-6-16(14-22)20-21-13-17-7-1-2-11-23(17)20/h3,5,8,13,16H,1-2,4,6-7,9-12,14H2. The van der Waals surface area contributed by atoms with Gasteiger partial charge in [-0.25, -0.2) is 13.4 Å². The molecule has 0 saturated carbocycles. The zero-order valence-electron chi connectivity index (χ0n) is 15.4. The van der Waals surface area contributed by atoms with E-state index in [0.717, 1.165) is 43.6 Å². The molecular weight excluding hydrogens is 362 g/mol. The molecule has 1 unspecified atom stereocenters. The molecule has 4 heterocycles. The van der Waals surface area contributed by atoms with Gasteiger partial charge in [0.25, 0.3) is 0 Å². The number of piperidine rings is 1. The highest BCUT2D eigenvalue weighted by Gasteiger charge is 2.36. The topological polar surface area (TPSA) is 64.4 Å². The van der Waals surface area contributed by atoms with Gasteiger partial charge in [0.1, 0.15) is 16.5 Å². The van der Waals surface area contributed by atoms with Crippen molar-refractivity contribution in [3.63, 3.8) is 0 Å². The van der Waals surface area contributed by atoms with Gasteiger partial charge in [0, 0.05) is 43.9 Å². The van der Waals surface area contributed by atoms with E-state index in [1.165, 1.54) is 18.5 Å². The van der Waals surface area contributed by atoms with Crippen molar-refractivity contribution in [2.24, 2.45) is 0 Å². The first-order valence-corrected chi connectivity index (χ1v) is 11.4. The van der Waals surface area contributed by atoms with E-state index in [2.05, 4.69) is 9.55 Å². The van der Waals surface area contributed by atoms with Crippen LogP contribution in [-0.4, -0.2) is 42.0 Å². The largest absolute Gasteiger partial charge is 0.492 e. The Kier molecular flexibility index (Phi) is 4.24. The minimum atomic E-state index is -3.56. The molecule has 0 radical (unpaired) electrons. The molecule has 1 atom stereocenters. The molecule has 2 aromatic rings. The molecule has 1 saturated heterocycles. The number of ether oxygens (including phenoxy) is 1. The van der Waals surface area contributed by atoms with Crippen molar-refractivity contribution in [2.75, 3.05) is 19.7 Å². The van der Waals surface area contributed by atoms with E-state index >= 15 is 0 Å². The zero-order chi connectivity index (χ0) is 18.4. The van der Waals surface area contributed by atoms with Crippen LogP contribution in [-0.2, 0) is 29.4 Å². The first-order valence-electron chi connectivity index (χ1n) is 9.94. The van der Waals surface area contributed by atoms with Gasteiger partial charge >= 0.3 is 0 Å². The normalized spacial score (nSPS) is 22.9. The van der Waals surface area contributed by atoms with Crippen molar-refractivity contribution in [1.29, 1.82) is 0 Å². The van der Waals surface area contributed by atoms with Crippen LogP contribution in [0.2, 0.25) is 0 Å². The number of benzene rings is 1. The quantitative estimate of drug-likeness (QED) is 0.812. The van der Waals surface area contributed by atoms with Gasteiger partial charge in [0.2, 0.25) is 10.0 Å². The maximum atomic E-state index is 13.4. The van der Waals surface area contributed by atoms with Crippen LogP contribution in [0.3, 0.4) is 0 Å². The molecule has 7 heteroatoms. The summed E-state index contributed by atoms with van der Waals surface area (Å²) in [5.41, 5.74) is 2.29. The van der Waals surface area contributed by atoms with Crippen LogP contribution in [0, 0.1) is 0 Å². The van der Waals surface area contributed by atoms with Gasteiger partial charge in [-0.1, -0.05) is 12.1 Å². The van der Waals surface area contributed by atoms with Gasteiger partial charge in [-0.2, -0.15) is 4.31 Å². The third-order valence-corrected chi connectivity index (χ3v) is 7.97. The number of hydrogen-bond acceptors (Lipinski definition) is 4. The molecule has 6 nitrogen and oxygen atoms in total. The van der Waals surface area contributed by atoms with E-state index in [-0.39, 0.29) is 5.92 Å². The molecule has 5 rings (SSSR count). The summed E-state index contributed by atoms with van der Waals surface area (Å²) in [5.74, 6) is 1.79. The van der Waals surface area contributed by atoms with Crippen LogP contribution in [0.4, 0.5) is 0 Å². The average molecular weight is 388 g/mol. The van der Waals surface area contributed by atoms with E-state index in [1.54, 1.807) is 10.4 Å². The van der Waals surface area contributed by atoms with E-state index < -0.39 is 10.0 Å². The predicted molar refractivity (Wildman–Crippen MR) is 102 cm³/mol. The summed E-state index contributed by atoms with van der Waals surface area (Å²) in [5, 5.41) is 0. The van der Waals surface area contributed by atoms with Crippen LogP contribution in [0.25, 0.3) is 0 Å². The lowest BCUT2D eigenvalue weighted by Crippen LogP contribution is -2.40. The van der Waals surface area contributed by atoms with Gasteiger partial charge in [-0.3, -0.25) is 0 Å². The first kappa shape index (κ1) is 17.3. The van der Waals surface area contributed by atoms with Gasteiger partial charge in [-0.05, 0) is 43.7 Å². The summed E-state index contributed by atoms with van der Waals surface area (Å²) in [6, 6.07) is 5.46. The number of hydrogen-bond donors (Lipinski definition) is 0. The number of imidazole rings is 1. The second-order valence-corrected chi connectivity index (χ2v) is 9.67. The van der Waals surface area contributed by atoms with Crippen LogP contribution >= 0.6 is 0 Å². The molecule has 27 heavy (non-hydrogen) atoms. The van der Waals surface area contributed by atoms with Crippen LogP contribution in [0.15, 0.2) is 29.3 Å². The van der Waals surface area contributed by atoms with E-state index in [4.69, 9.17) is 4.74 Å². The Bertz CT molecular complexity index is 967. The van der Waals surface area contributed by atoms with Gasteiger partial charge < -0.3 is 9.30 Å². The van der Waals surface area contributed by atoms with Crippen molar-refractivity contribution >= 4 is 10.0 Å². The van der Waals surface area contributed by atoms with E-state index in [9.17, 15) is 8.42 Å². The number of sulfonamides is 1. The smallest absolute Gasteiger partial charge is 0.246 e. The number of aromatic nitrogens is 2. The molecular formula is C20H25N3O3S. The van der Waals surface area contributed by atoms with Crippen LogP contribution in [0.5, 0.6) is 5.75 Å². The second-order valence-electron chi connectivity index (χ2n) is 7.76. The number of nitrogens with zero attached hydrogens (tertiary/aromatic N) is 3. The summed E-state index contributed by atoms with van der Waals surface area (Å²) in [6.45, 7) is 2.64. The summed E-state index contributed by atoms with van der Waals surface area (Å²) < 4.78 is 36.4. The van der Waals surface area contributed by atoms with E-state index in [0.29, 0.717) is 30.3 Å². The maximum absolute atomic E-state index is 13.4. The van der Waals surface area contributed by atoms with Crippen molar-refractivity contribution in [3.05, 3.63) is 41.5 Å². The Labute approximate surface area is 160 Å². The Morgan fingerprint density at radius 2 is 2.04 bits per heavy atom. The lowest BCUT2D eigenvalue weighted by Gasteiger charge is -2.32. The van der Waals surface area contributed by atoms with Crippen LogP contribution in [0.1, 0.15) is 48.7 Å². The first-order chi connectivity index (χ1) is 13.1. The Morgan fingerprint density at radius 1 is 1.11 bits per heavy atom. The highest BCUT2D eigenvalue weighted by Crippen LogP contribution is 2.37. The van der Waals surface area contributed by atoms with Crippen molar-refractivity contribution in [3.8, 4) is 5.75 Å². The molecule has 0 spiro atoms. The second kappa shape index (κ2) is 6.63. The van der Waals surface area contributed by atoms with Gasteiger partial charge in [0.05, 0.1) is 6.61 Å². The fourth-order valence-corrected chi connectivity index (χ4v) is 6.38. The summed E-state index contributed by atoms with van der Waals surface area (Å²) in [4.78, 5) is 5.01. The summed E-state index contributed by atoms with van der Waals surface area (Å²) in [7, 11) is -3.56. The molecule has 0 amide bonds. The third kappa shape index (κ3) is 2.88. The number of fused-ring (bicyclic) bond motifs is 2. The maximum Gasteiger partial charge on any atom is 0.246 e. The molecule has 0 N–H and O–H groups in total. The molecule has 1 aromatic heterocycles. The molecule has 3 aliphatic rings. The Morgan fingerprint density at radius 3 is 2.96 bits per heavy atom. The monoisotopic (exact) mass is 387 g/mol. The average Bonchev–Trinajstić information content (AvgIpc) is 3.34. The number of rotatable bonds is 3. The lowest BCUT2D eigenvalue weighted by molar-refractivity contribution is 0.299. The highest BCUT2D eigenvalue weighted by molar-refractivity contribution is 7.89. The fraction of sp³-hybridized carbons (Fsp3) is 0.550. The van der Waals surface area contributed by atoms with Crippen molar-refractivity contribution in [2.45, 2.75) is 55.9 Å². The highest BCUT2D eigenvalue weighted by atomic mass is 32.2. The number of para-hydroxylation sites is 1. The molecule has 1 fully saturated rings. The van der Waals surface area contributed by atoms with Crippen molar-refractivity contribution < 1.29 is 13.2 Å². The zero-order valence-corrected chi connectivity index (χ0v) is 16.2. The van der Waals surface area contributed by atoms with Gasteiger partial charge in [-0.15, -0.1) is 0 Å².